The molecule has 0 radical (unpaired) electrons. The summed E-state index contributed by atoms with van der Waals surface area (Å²) >= 11 is 14.3. The number of benzene rings is 3. The SMILES string of the molecule is COc1nc(-c2cccc(-c3cccc(-c4cc5cc6c(c(C#N)c5o4)CC[C@H]6N4CC[C@@H](C(=O)O)C4)c3Cl)c2Cl)cnc1CNC[C@@H]1CCC(=O)N1. The molecule has 11 nitrogen and oxygen atoms in total. The van der Waals surface area contributed by atoms with Gasteiger partial charge in [-0.05, 0) is 61.6 Å². The highest BCUT2D eigenvalue weighted by molar-refractivity contribution is 6.39. The number of carbonyl (C=O) groups is 2. The first-order valence-electron chi connectivity index (χ1n) is 17.7. The Labute approximate surface area is 315 Å². The number of rotatable bonds is 10. The van der Waals surface area contributed by atoms with Gasteiger partial charge in [0.05, 0.1) is 40.5 Å². The molecule has 0 unspecified atom stereocenters. The molecule has 1 aliphatic carbocycles. The fourth-order valence-electron chi connectivity index (χ4n) is 8.02. The van der Waals surface area contributed by atoms with E-state index >= 15 is 0 Å². The number of carboxylic acid groups (broad SMARTS) is 1. The lowest BCUT2D eigenvalue weighted by Gasteiger charge is -2.24. The normalized spacial score (nSPS) is 19.7. The van der Waals surface area contributed by atoms with Crippen molar-refractivity contribution in [2.24, 2.45) is 5.92 Å². The van der Waals surface area contributed by atoms with Crippen LogP contribution in [0.2, 0.25) is 10.0 Å². The van der Waals surface area contributed by atoms with Gasteiger partial charge in [-0.2, -0.15) is 5.26 Å². The van der Waals surface area contributed by atoms with Gasteiger partial charge >= 0.3 is 5.97 Å². The van der Waals surface area contributed by atoms with E-state index in [4.69, 9.17) is 37.3 Å². The van der Waals surface area contributed by atoms with Gasteiger partial charge in [0.1, 0.15) is 17.5 Å². The molecule has 0 bridgehead atoms. The van der Waals surface area contributed by atoms with Crippen molar-refractivity contribution in [3.8, 4) is 45.7 Å². The Bertz CT molecular complexity index is 2320. The predicted octanol–water partition coefficient (Wildman–Crippen LogP) is 7.17. The summed E-state index contributed by atoms with van der Waals surface area (Å²) in [5, 5.41) is 27.8. The highest BCUT2D eigenvalue weighted by Crippen LogP contribution is 2.46. The summed E-state index contributed by atoms with van der Waals surface area (Å²) < 4.78 is 12.0. The average Bonchev–Trinajstić information content (AvgIpc) is 3.98. The van der Waals surface area contributed by atoms with Crippen LogP contribution in [0.15, 0.2) is 59.1 Å². The lowest BCUT2D eigenvalue weighted by molar-refractivity contribution is -0.141. The second kappa shape index (κ2) is 14.4. The van der Waals surface area contributed by atoms with Gasteiger partial charge in [-0.25, -0.2) is 4.98 Å². The van der Waals surface area contributed by atoms with E-state index < -0.39 is 5.97 Å². The number of nitrogens with zero attached hydrogens (tertiary/aromatic N) is 4. The van der Waals surface area contributed by atoms with Gasteiger partial charge in [-0.1, -0.05) is 53.5 Å². The molecule has 0 spiro atoms. The van der Waals surface area contributed by atoms with Crippen LogP contribution in [0.4, 0.5) is 0 Å². The van der Waals surface area contributed by atoms with Crippen molar-refractivity contribution in [3.63, 3.8) is 0 Å². The number of hydrogen-bond donors (Lipinski definition) is 3. The van der Waals surface area contributed by atoms with Crippen LogP contribution in [0.1, 0.15) is 54.1 Å². The van der Waals surface area contributed by atoms with Crippen LogP contribution in [0.3, 0.4) is 0 Å². The number of methoxy groups -OCH3 is 1. The highest BCUT2D eigenvalue weighted by Gasteiger charge is 2.37. The van der Waals surface area contributed by atoms with E-state index in [-0.39, 0.29) is 23.9 Å². The van der Waals surface area contributed by atoms with E-state index in [2.05, 4.69) is 32.7 Å². The van der Waals surface area contributed by atoms with E-state index in [1.54, 1.807) is 13.3 Å². The lowest BCUT2D eigenvalue weighted by atomic mass is 9.98. The number of carboxylic acids is 1. The van der Waals surface area contributed by atoms with Crippen LogP contribution in [0.25, 0.3) is 44.7 Å². The molecule has 1 amide bonds. The largest absolute Gasteiger partial charge is 0.481 e. The van der Waals surface area contributed by atoms with Crippen LogP contribution >= 0.6 is 23.2 Å². The zero-order valence-electron chi connectivity index (χ0n) is 28.9. The Kier molecular flexibility index (Phi) is 9.55. The number of nitrogens with one attached hydrogen (secondary N) is 2. The summed E-state index contributed by atoms with van der Waals surface area (Å²) in [5.74, 6) is -0.158. The molecular formula is C40H36Cl2N6O5. The van der Waals surface area contributed by atoms with Gasteiger partial charge in [-0.3, -0.25) is 19.5 Å². The van der Waals surface area contributed by atoms with Crippen molar-refractivity contribution >= 4 is 46.0 Å². The summed E-state index contributed by atoms with van der Waals surface area (Å²) in [4.78, 5) is 34.8. The quantitative estimate of drug-likeness (QED) is 0.134. The highest BCUT2D eigenvalue weighted by atomic mass is 35.5. The van der Waals surface area contributed by atoms with E-state index in [0.29, 0.717) is 98.9 Å². The minimum Gasteiger partial charge on any atom is -0.481 e. The first kappa shape index (κ1) is 35.1. The van der Waals surface area contributed by atoms with Gasteiger partial charge in [0.2, 0.25) is 11.8 Å². The Balaban J connectivity index is 1.08. The smallest absolute Gasteiger partial charge is 0.307 e. The van der Waals surface area contributed by atoms with Crippen molar-refractivity contribution in [2.45, 2.75) is 50.7 Å². The number of aliphatic carboxylic acids is 1. The van der Waals surface area contributed by atoms with Gasteiger partial charge in [0.25, 0.3) is 0 Å². The van der Waals surface area contributed by atoms with Crippen molar-refractivity contribution in [3.05, 3.63) is 87.2 Å². The first-order valence-corrected chi connectivity index (χ1v) is 18.4. The van der Waals surface area contributed by atoms with Crippen LogP contribution in [0, 0.1) is 17.2 Å². The van der Waals surface area contributed by atoms with Crippen LogP contribution < -0.4 is 15.4 Å². The molecule has 8 rings (SSSR count). The van der Waals surface area contributed by atoms with Crippen molar-refractivity contribution in [1.82, 2.24) is 25.5 Å². The number of hydrogen-bond acceptors (Lipinski definition) is 9. The summed E-state index contributed by atoms with van der Waals surface area (Å²) in [7, 11) is 1.55. The summed E-state index contributed by atoms with van der Waals surface area (Å²) in [6.45, 7) is 2.27. The third-order valence-corrected chi connectivity index (χ3v) is 11.5. The number of carbonyl (C=O) groups excluding carboxylic acids is 1. The third kappa shape index (κ3) is 6.50. The number of amides is 1. The minimum atomic E-state index is -0.758. The monoisotopic (exact) mass is 750 g/mol. The Morgan fingerprint density at radius 2 is 1.85 bits per heavy atom. The molecule has 53 heavy (non-hydrogen) atoms. The zero-order chi connectivity index (χ0) is 36.8. The molecule has 3 aliphatic rings. The fourth-order valence-corrected chi connectivity index (χ4v) is 8.67. The molecular weight excluding hydrogens is 715 g/mol. The number of aromatic nitrogens is 2. The van der Waals surface area contributed by atoms with Crippen LogP contribution in [0.5, 0.6) is 5.88 Å². The molecule has 4 heterocycles. The molecule has 3 aromatic carbocycles. The van der Waals surface area contributed by atoms with E-state index in [0.717, 1.165) is 42.3 Å². The molecule has 2 fully saturated rings. The van der Waals surface area contributed by atoms with E-state index in [9.17, 15) is 20.0 Å². The maximum absolute atomic E-state index is 11.6. The summed E-state index contributed by atoms with van der Waals surface area (Å²) in [6.07, 6.45) is 5.20. The van der Waals surface area contributed by atoms with E-state index in [1.807, 2.05) is 42.5 Å². The van der Waals surface area contributed by atoms with Crippen molar-refractivity contribution < 1.29 is 23.8 Å². The second-order valence-electron chi connectivity index (χ2n) is 13.8. The number of nitriles is 1. The molecule has 2 aromatic heterocycles. The molecule has 2 saturated heterocycles. The average molecular weight is 752 g/mol. The van der Waals surface area contributed by atoms with Crippen molar-refractivity contribution in [2.75, 3.05) is 26.7 Å². The van der Waals surface area contributed by atoms with Crippen LogP contribution in [-0.4, -0.2) is 64.6 Å². The number of halogens is 2. The Morgan fingerprint density at radius 3 is 2.55 bits per heavy atom. The maximum atomic E-state index is 11.6. The number of fused-ring (bicyclic) bond motifs is 2. The molecule has 13 heteroatoms. The predicted molar refractivity (Wildman–Crippen MR) is 201 cm³/mol. The lowest BCUT2D eigenvalue weighted by Crippen LogP contribution is -2.35. The Morgan fingerprint density at radius 1 is 1.09 bits per heavy atom. The molecule has 0 saturated carbocycles. The molecule has 3 atom stereocenters. The molecule has 2 aliphatic heterocycles. The molecule has 3 N–H and O–H groups in total. The summed E-state index contributed by atoms with van der Waals surface area (Å²) in [5.41, 5.74) is 6.95. The number of furan rings is 1. The van der Waals surface area contributed by atoms with Gasteiger partial charge < -0.3 is 24.9 Å². The first-order chi connectivity index (χ1) is 25.7. The zero-order valence-corrected chi connectivity index (χ0v) is 30.4. The number of ether oxygens (including phenoxy) is 1. The van der Waals surface area contributed by atoms with Gasteiger partial charge in [0, 0.05) is 65.8 Å². The third-order valence-electron chi connectivity index (χ3n) is 10.7. The second-order valence-corrected chi connectivity index (χ2v) is 14.6. The fraction of sp³-hybridized carbons (Fsp3) is 0.325. The minimum absolute atomic E-state index is 0.0650. The number of likely N-dealkylation sites (tertiary alicyclic amines) is 1. The van der Waals surface area contributed by atoms with Gasteiger partial charge in [-0.15, -0.1) is 0 Å². The molecule has 5 aromatic rings. The standard InChI is InChI=1S/C40H36Cl2N6O5/c1-52-39-32(18-44-17-23-8-11-35(49)46-23)45-19-31(47-39)27-6-2-4-25(36(27)41)26-5-3-7-28(37(26)42)34-15-22-14-29-24(30(16-43)38(22)53-34)9-10-33(29)48-13-12-21(20-48)40(50)51/h2-7,14-15,19,21,23,33,44H,8-13,17-18,20H2,1H3,(H,46,49)(H,50,51)/t21-,23+,33-/m1/s1. The van der Waals surface area contributed by atoms with E-state index in [1.165, 1.54) is 0 Å². The summed E-state index contributed by atoms with van der Waals surface area (Å²) in [6, 6.07) is 17.9. The Hall–Kier alpha value is -4.99. The topological polar surface area (TPSA) is 154 Å². The maximum Gasteiger partial charge on any atom is 0.307 e. The molecule has 270 valence electrons. The van der Waals surface area contributed by atoms with Crippen molar-refractivity contribution in [1.29, 1.82) is 5.26 Å². The van der Waals surface area contributed by atoms with Gasteiger partial charge in [0.15, 0.2) is 5.58 Å². The van der Waals surface area contributed by atoms with Crippen LogP contribution in [-0.2, 0) is 22.6 Å².